The maximum Gasteiger partial charge on any atom is 0.336 e. The molecular formula is C36H30N2O13S3. The Bertz CT molecular complexity index is 2830. The summed E-state index contributed by atoms with van der Waals surface area (Å²) in [5.41, 5.74) is 3.08. The second-order valence-corrected chi connectivity index (χ2v) is 16.2. The first-order valence-electron chi connectivity index (χ1n) is 15.8. The van der Waals surface area contributed by atoms with E-state index in [1.807, 2.05) is 0 Å². The average Bonchev–Trinajstić information content (AvgIpc) is 3.10. The molecule has 4 aromatic rings. The number of hydrogen-bond donors (Lipinski definition) is 6. The quantitative estimate of drug-likeness (QED) is 0.0692. The van der Waals surface area contributed by atoms with Crippen LogP contribution in [0.4, 0.5) is 5.69 Å². The van der Waals surface area contributed by atoms with Crippen LogP contribution >= 0.6 is 0 Å². The molecule has 0 radical (unpaired) electrons. The van der Waals surface area contributed by atoms with E-state index in [2.05, 4.69) is 10.3 Å². The molecule has 6 N–H and O–H groups in total. The molecule has 4 aromatic carbocycles. The van der Waals surface area contributed by atoms with Gasteiger partial charge >= 0.3 is 5.97 Å². The Kier molecular flexibility index (Phi) is 10.3. The van der Waals surface area contributed by atoms with Crippen molar-refractivity contribution in [3.8, 4) is 28.2 Å². The summed E-state index contributed by atoms with van der Waals surface area (Å²) >= 11 is 0. The number of phenolic OH excluding ortho intramolecular Hbond substituents is 1. The molecule has 0 fully saturated rings. The minimum Gasteiger partial charge on any atom is -0.508 e. The standard InChI is InChI=1S/C36H30N2O13S3/c39-31-19-25(52(42,43)44)9-5-21(31)13-15-37-23-7-11-29-32(17-23)51-33-18-24(8-12-30(33)35(29)27-3-1-2-4-28(27)36(40)41)38-16-14-22-6-10-26(53(45,46)47)20-34(22)54(48,49)50/h1-12,17-20,37,39H,13-16H2,(H,40,41)(H,42,43,44)(H,45,46,47)(H,48,49,50). The Morgan fingerprint density at radius 3 is 2.06 bits per heavy atom. The zero-order chi connectivity index (χ0) is 39.0. The molecule has 0 amide bonds. The SMILES string of the molecule is O=C(O)c1ccccc1-c1c2ccc(=NCCc3ccc(S(=O)(=O)O)cc3S(=O)(=O)O)cc-2oc2cc(NCCc3ccc(S(=O)(=O)O)cc3O)ccc12. The first kappa shape index (κ1) is 38.1. The van der Waals surface area contributed by atoms with Crippen molar-refractivity contribution in [1.82, 2.24) is 0 Å². The smallest absolute Gasteiger partial charge is 0.336 e. The van der Waals surface area contributed by atoms with E-state index in [0.29, 0.717) is 62.6 Å². The summed E-state index contributed by atoms with van der Waals surface area (Å²) in [6.07, 6.45) is 0.242. The zero-order valence-corrected chi connectivity index (χ0v) is 30.2. The topological polar surface area (TPSA) is 258 Å². The number of nitrogens with one attached hydrogen (secondary N) is 1. The van der Waals surface area contributed by atoms with Gasteiger partial charge in [0.25, 0.3) is 30.4 Å². The zero-order valence-electron chi connectivity index (χ0n) is 27.7. The van der Waals surface area contributed by atoms with Crippen LogP contribution < -0.4 is 10.7 Å². The molecule has 6 rings (SSSR count). The molecule has 54 heavy (non-hydrogen) atoms. The van der Waals surface area contributed by atoms with Crippen LogP contribution in [0.15, 0.2) is 121 Å². The van der Waals surface area contributed by atoms with Crippen molar-refractivity contribution in [2.75, 3.05) is 18.4 Å². The summed E-state index contributed by atoms with van der Waals surface area (Å²) in [5.74, 6) is -1.11. The molecule has 1 aliphatic carbocycles. The van der Waals surface area contributed by atoms with Gasteiger partial charge in [-0.1, -0.05) is 30.3 Å². The van der Waals surface area contributed by atoms with Crippen molar-refractivity contribution in [2.24, 2.45) is 4.99 Å². The predicted octanol–water partition coefficient (Wildman–Crippen LogP) is 5.15. The Balaban J connectivity index is 1.36. The van der Waals surface area contributed by atoms with E-state index in [4.69, 9.17) is 4.42 Å². The number of fused-ring (bicyclic) bond motifs is 2. The molecule has 0 saturated carbocycles. The second-order valence-electron chi connectivity index (χ2n) is 12.0. The maximum absolute atomic E-state index is 12.3. The van der Waals surface area contributed by atoms with E-state index >= 15 is 0 Å². The fraction of sp³-hybridized carbons (Fsp3) is 0.111. The molecular weight excluding hydrogens is 765 g/mol. The van der Waals surface area contributed by atoms with Gasteiger partial charge in [-0.3, -0.25) is 18.7 Å². The molecule has 0 spiro atoms. The number of anilines is 1. The minimum atomic E-state index is -4.85. The largest absolute Gasteiger partial charge is 0.508 e. The van der Waals surface area contributed by atoms with Crippen LogP contribution in [0, 0.1) is 0 Å². The Morgan fingerprint density at radius 1 is 0.704 bits per heavy atom. The highest BCUT2D eigenvalue weighted by Gasteiger charge is 2.23. The van der Waals surface area contributed by atoms with E-state index in [-0.39, 0.29) is 36.3 Å². The monoisotopic (exact) mass is 794 g/mol. The summed E-state index contributed by atoms with van der Waals surface area (Å²) < 4.78 is 104. The van der Waals surface area contributed by atoms with E-state index in [1.54, 1.807) is 54.6 Å². The first-order valence-corrected chi connectivity index (χ1v) is 20.2. The lowest BCUT2D eigenvalue weighted by molar-refractivity contribution is 0.0697. The number of hydrogen-bond acceptors (Lipinski definition) is 11. The summed E-state index contributed by atoms with van der Waals surface area (Å²) in [6, 6.07) is 23.1. The molecule has 0 unspecified atom stereocenters. The molecule has 1 aliphatic heterocycles. The molecule has 0 atom stereocenters. The summed E-state index contributed by atoms with van der Waals surface area (Å²) in [4.78, 5) is 15.0. The van der Waals surface area contributed by atoms with Crippen molar-refractivity contribution >= 4 is 53.0 Å². The minimum absolute atomic E-state index is 0.0102. The highest BCUT2D eigenvalue weighted by molar-refractivity contribution is 7.86. The highest BCUT2D eigenvalue weighted by atomic mass is 32.2. The van der Waals surface area contributed by atoms with Crippen molar-refractivity contribution < 1.29 is 58.3 Å². The van der Waals surface area contributed by atoms with Crippen molar-refractivity contribution in [3.05, 3.63) is 119 Å². The van der Waals surface area contributed by atoms with Crippen molar-refractivity contribution in [3.63, 3.8) is 0 Å². The number of nitrogens with zero attached hydrogens (tertiary/aromatic N) is 1. The van der Waals surface area contributed by atoms with Crippen molar-refractivity contribution in [1.29, 1.82) is 0 Å². The molecule has 1 heterocycles. The number of aromatic carboxylic acids is 1. The van der Waals surface area contributed by atoms with Crippen LogP contribution in [-0.4, -0.2) is 68.2 Å². The van der Waals surface area contributed by atoms with E-state index in [9.17, 15) is 53.9 Å². The lowest BCUT2D eigenvalue weighted by atomic mass is 9.90. The van der Waals surface area contributed by atoms with E-state index in [1.165, 1.54) is 18.2 Å². The molecule has 280 valence electrons. The summed E-state index contributed by atoms with van der Waals surface area (Å²) in [6.45, 7) is 0.289. The Hall–Kier alpha value is -5.63. The fourth-order valence-electron chi connectivity index (χ4n) is 5.97. The lowest BCUT2D eigenvalue weighted by Crippen LogP contribution is -2.09. The number of carboxylic acids is 1. The van der Waals surface area contributed by atoms with E-state index in [0.717, 1.165) is 18.2 Å². The normalized spacial score (nSPS) is 12.7. The van der Waals surface area contributed by atoms with Crippen molar-refractivity contribution in [2.45, 2.75) is 27.5 Å². The molecule has 2 aliphatic rings. The Morgan fingerprint density at radius 2 is 1.39 bits per heavy atom. The summed E-state index contributed by atoms with van der Waals surface area (Å²) in [5, 5.41) is 24.5. The third kappa shape index (κ3) is 8.28. The van der Waals surface area contributed by atoms with Gasteiger partial charge in [0.05, 0.1) is 25.6 Å². The van der Waals surface area contributed by atoms with Crippen LogP contribution in [-0.2, 0) is 43.2 Å². The third-order valence-corrected chi connectivity index (χ3v) is 11.1. The van der Waals surface area contributed by atoms with Gasteiger partial charge in [0.1, 0.15) is 17.1 Å². The number of carbonyl (C=O) groups is 1. The number of carboxylic acid groups (broad SMARTS) is 1. The van der Waals surface area contributed by atoms with Crippen LogP contribution in [0.3, 0.4) is 0 Å². The molecule has 18 heteroatoms. The Labute approximate surface area is 308 Å². The highest BCUT2D eigenvalue weighted by Crippen LogP contribution is 2.41. The summed E-state index contributed by atoms with van der Waals surface area (Å²) in [7, 11) is -14.1. The molecule has 0 bridgehead atoms. The maximum atomic E-state index is 12.3. The van der Waals surface area contributed by atoms with Gasteiger partial charge in [0.2, 0.25) is 0 Å². The van der Waals surface area contributed by atoms with Gasteiger partial charge in [-0.25, -0.2) is 4.79 Å². The average molecular weight is 795 g/mol. The molecule has 15 nitrogen and oxygen atoms in total. The van der Waals surface area contributed by atoms with Crippen LogP contribution in [0.1, 0.15) is 21.5 Å². The van der Waals surface area contributed by atoms with Crippen LogP contribution in [0.2, 0.25) is 0 Å². The van der Waals surface area contributed by atoms with Gasteiger partial charge in [-0.05, 0) is 78.1 Å². The lowest BCUT2D eigenvalue weighted by Gasteiger charge is -2.17. The van der Waals surface area contributed by atoms with Gasteiger partial charge in [-0.15, -0.1) is 0 Å². The van der Waals surface area contributed by atoms with Gasteiger partial charge < -0.3 is 19.9 Å². The fourth-order valence-corrected chi connectivity index (χ4v) is 7.83. The second kappa shape index (κ2) is 14.7. The number of rotatable bonds is 12. The third-order valence-electron chi connectivity index (χ3n) is 8.50. The van der Waals surface area contributed by atoms with E-state index < -0.39 is 51.0 Å². The molecule has 0 aromatic heterocycles. The van der Waals surface area contributed by atoms with Gasteiger partial charge in [-0.2, -0.15) is 25.3 Å². The first-order chi connectivity index (χ1) is 25.4. The van der Waals surface area contributed by atoms with Crippen LogP contribution in [0.5, 0.6) is 5.75 Å². The number of aromatic hydroxyl groups is 1. The predicted molar refractivity (Wildman–Crippen MR) is 196 cm³/mol. The van der Waals surface area contributed by atoms with Crippen LogP contribution in [0.25, 0.3) is 33.4 Å². The van der Waals surface area contributed by atoms with Gasteiger partial charge in [0, 0.05) is 53.5 Å². The number of phenols is 1. The molecule has 0 saturated heterocycles. The number of benzene rings is 5. The van der Waals surface area contributed by atoms with Gasteiger partial charge in [0.15, 0.2) is 0 Å².